The van der Waals surface area contributed by atoms with Crippen LogP contribution < -0.4 is 0 Å². The van der Waals surface area contributed by atoms with Gasteiger partial charge in [0.25, 0.3) is 0 Å². The molecule has 0 amide bonds. The molecule has 4 heteroatoms. The Morgan fingerprint density at radius 1 is 0.955 bits per heavy atom. The Balaban J connectivity index is 2.95. The van der Waals surface area contributed by atoms with Crippen LogP contribution in [0.4, 0.5) is 0 Å². The van der Waals surface area contributed by atoms with Crippen molar-refractivity contribution in [3.63, 3.8) is 0 Å². The monoisotopic (exact) mass is 302 g/mol. The standard InChI is InChI=1S/C18H22O4/c1-13(2)21-17(19)12-16(18(20)22-14(3)4)11-10-15-8-6-5-7-9-15/h5-14H,1-4H3/b11-10+,16-12+. The fourth-order valence-electron chi connectivity index (χ4n) is 1.60. The highest BCUT2D eigenvalue weighted by atomic mass is 16.5. The fourth-order valence-corrected chi connectivity index (χ4v) is 1.60. The molecule has 22 heavy (non-hydrogen) atoms. The molecule has 0 saturated heterocycles. The molecule has 0 fully saturated rings. The second-order valence-corrected chi connectivity index (χ2v) is 5.28. The Morgan fingerprint density at radius 2 is 1.55 bits per heavy atom. The number of esters is 2. The summed E-state index contributed by atoms with van der Waals surface area (Å²) in [4.78, 5) is 23.8. The van der Waals surface area contributed by atoms with E-state index in [4.69, 9.17) is 9.47 Å². The summed E-state index contributed by atoms with van der Waals surface area (Å²) in [7, 11) is 0. The van der Waals surface area contributed by atoms with Crippen LogP contribution in [0.3, 0.4) is 0 Å². The van der Waals surface area contributed by atoms with E-state index in [0.717, 1.165) is 11.6 Å². The zero-order valence-electron chi connectivity index (χ0n) is 13.4. The van der Waals surface area contributed by atoms with E-state index >= 15 is 0 Å². The summed E-state index contributed by atoms with van der Waals surface area (Å²) in [5.74, 6) is -1.12. The highest BCUT2D eigenvalue weighted by Gasteiger charge is 2.13. The molecular formula is C18H22O4. The van der Waals surface area contributed by atoms with E-state index in [-0.39, 0.29) is 17.8 Å². The van der Waals surface area contributed by atoms with Crippen molar-refractivity contribution in [1.82, 2.24) is 0 Å². The summed E-state index contributed by atoms with van der Waals surface area (Å²) >= 11 is 0. The van der Waals surface area contributed by atoms with Crippen molar-refractivity contribution < 1.29 is 19.1 Å². The number of hydrogen-bond acceptors (Lipinski definition) is 4. The molecule has 0 heterocycles. The molecule has 0 unspecified atom stereocenters. The molecule has 0 spiro atoms. The molecule has 1 rings (SSSR count). The van der Waals surface area contributed by atoms with Crippen molar-refractivity contribution >= 4 is 18.0 Å². The third kappa shape index (κ3) is 6.88. The summed E-state index contributed by atoms with van der Waals surface area (Å²) in [6.07, 6.45) is 3.95. The minimum Gasteiger partial charge on any atom is -0.460 e. The average molecular weight is 302 g/mol. The van der Waals surface area contributed by atoms with Gasteiger partial charge in [0, 0.05) is 6.08 Å². The normalized spacial score (nSPS) is 12.0. The van der Waals surface area contributed by atoms with Gasteiger partial charge in [-0.2, -0.15) is 0 Å². The minimum atomic E-state index is -0.566. The quantitative estimate of drug-likeness (QED) is 0.458. The van der Waals surface area contributed by atoms with Crippen LogP contribution in [0.1, 0.15) is 33.3 Å². The molecule has 0 N–H and O–H groups in total. The van der Waals surface area contributed by atoms with E-state index < -0.39 is 11.9 Å². The molecule has 0 aromatic heterocycles. The number of carbonyl (C=O) groups is 2. The first-order valence-corrected chi connectivity index (χ1v) is 7.25. The molecule has 0 aliphatic heterocycles. The van der Waals surface area contributed by atoms with E-state index in [2.05, 4.69) is 0 Å². The van der Waals surface area contributed by atoms with Gasteiger partial charge in [0.2, 0.25) is 0 Å². The van der Waals surface area contributed by atoms with Crippen molar-refractivity contribution in [1.29, 1.82) is 0 Å². The molecule has 0 atom stereocenters. The van der Waals surface area contributed by atoms with E-state index in [1.54, 1.807) is 39.8 Å². The van der Waals surface area contributed by atoms with Gasteiger partial charge in [0.1, 0.15) is 0 Å². The summed E-state index contributed by atoms with van der Waals surface area (Å²) in [6.45, 7) is 7.00. The van der Waals surface area contributed by atoms with Gasteiger partial charge >= 0.3 is 11.9 Å². The van der Waals surface area contributed by atoms with E-state index in [9.17, 15) is 9.59 Å². The van der Waals surface area contributed by atoms with Gasteiger partial charge in [-0.3, -0.25) is 0 Å². The first-order chi connectivity index (χ1) is 10.4. The molecule has 0 aliphatic carbocycles. The molecule has 0 radical (unpaired) electrons. The Hall–Kier alpha value is -2.36. The van der Waals surface area contributed by atoms with Crippen LogP contribution in [0.2, 0.25) is 0 Å². The lowest BCUT2D eigenvalue weighted by Gasteiger charge is -2.09. The van der Waals surface area contributed by atoms with Crippen LogP contribution >= 0.6 is 0 Å². The first-order valence-electron chi connectivity index (χ1n) is 7.25. The maximum absolute atomic E-state index is 12.0. The number of carbonyl (C=O) groups excluding carboxylic acids is 2. The van der Waals surface area contributed by atoms with Gasteiger partial charge in [0.15, 0.2) is 0 Å². The summed E-state index contributed by atoms with van der Waals surface area (Å²) in [5.41, 5.74) is 1.08. The number of ether oxygens (including phenoxy) is 2. The molecule has 1 aromatic rings. The zero-order valence-corrected chi connectivity index (χ0v) is 13.4. The summed E-state index contributed by atoms with van der Waals surface area (Å²) in [5, 5.41) is 0. The smallest absolute Gasteiger partial charge is 0.338 e. The Morgan fingerprint density at radius 3 is 2.09 bits per heavy atom. The first kappa shape index (κ1) is 17.7. The Bertz CT molecular complexity index is 554. The fraction of sp³-hybridized carbons (Fsp3) is 0.333. The molecule has 4 nitrogen and oxygen atoms in total. The molecule has 0 bridgehead atoms. The second kappa shape index (κ2) is 8.82. The van der Waals surface area contributed by atoms with Gasteiger partial charge in [-0.05, 0) is 39.3 Å². The second-order valence-electron chi connectivity index (χ2n) is 5.28. The van der Waals surface area contributed by atoms with E-state index in [1.807, 2.05) is 30.3 Å². The molecular weight excluding hydrogens is 280 g/mol. The maximum atomic E-state index is 12.0. The van der Waals surface area contributed by atoms with E-state index in [1.165, 1.54) is 0 Å². The van der Waals surface area contributed by atoms with Crippen molar-refractivity contribution in [3.05, 3.63) is 53.6 Å². The predicted molar refractivity (Wildman–Crippen MR) is 86.0 cm³/mol. The van der Waals surface area contributed by atoms with Gasteiger partial charge in [-0.15, -0.1) is 0 Å². The highest BCUT2D eigenvalue weighted by molar-refractivity contribution is 5.99. The van der Waals surface area contributed by atoms with Crippen LogP contribution in [-0.2, 0) is 19.1 Å². The lowest BCUT2D eigenvalue weighted by Crippen LogP contribution is -2.15. The molecule has 118 valence electrons. The molecule has 0 aliphatic rings. The van der Waals surface area contributed by atoms with Crippen molar-refractivity contribution in [2.45, 2.75) is 39.9 Å². The predicted octanol–water partition coefficient (Wildman–Crippen LogP) is 3.53. The largest absolute Gasteiger partial charge is 0.460 e. The highest BCUT2D eigenvalue weighted by Crippen LogP contribution is 2.09. The van der Waals surface area contributed by atoms with Crippen molar-refractivity contribution in [2.24, 2.45) is 0 Å². The zero-order chi connectivity index (χ0) is 16.5. The van der Waals surface area contributed by atoms with E-state index in [0.29, 0.717) is 0 Å². The Labute approximate surface area is 131 Å². The molecule has 1 aromatic carbocycles. The van der Waals surface area contributed by atoms with Gasteiger partial charge in [-0.25, -0.2) is 9.59 Å². The lowest BCUT2D eigenvalue weighted by atomic mass is 10.1. The number of hydrogen-bond donors (Lipinski definition) is 0. The van der Waals surface area contributed by atoms with Crippen LogP contribution in [0.25, 0.3) is 6.08 Å². The van der Waals surface area contributed by atoms with Gasteiger partial charge in [-0.1, -0.05) is 36.4 Å². The van der Waals surface area contributed by atoms with Gasteiger partial charge < -0.3 is 9.47 Å². The third-order valence-electron chi connectivity index (χ3n) is 2.46. The van der Waals surface area contributed by atoms with Crippen molar-refractivity contribution in [3.8, 4) is 0 Å². The van der Waals surface area contributed by atoms with Crippen LogP contribution in [0.5, 0.6) is 0 Å². The average Bonchev–Trinajstić information content (AvgIpc) is 2.42. The van der Waals surface area contributed by atoms with Crippen LogP contribution in [0.15, 0.2) is 48.1 Å². The van der Waals surface area contributed by atoms with Gasteiger partial charge in [0.05, 0.1) is 17.8 Å². The Kier molecular flexibility index (Phi) is 7.09. The summed E-state index contributed by atoms with van der Waals surface area (Å²) in [6, 6.07) is 9.48. The van der Waals surface area contributed by atoms with Crippen LogP contribution in [-0.4, -0.2) is 24.1 Å². The number of rotatable bonds is 6. The van der Waals surface area contributed by atoms with Crippen LogP contribution in [0, 0.1) is 0 Å². The third-order valence-corrected chi connectivity index (χ3v) is 2.46. The van der Waals surface area contributed by atoms with Crippen molar-refractivity contribution in [2.75, 3.05) is 0 Å². The topological polar surface area (TPSA) is 52.6 Å². The minimum absolute atomic E-state index is 0.156. The lowest BCUT2D eigenvalue weighted by molar-refractivity contribution is -0.144. The SMILES string of the molecule is CC(C)OC(=O)/C=C(\C=C\c1ccccc1)C(=O)OC(C)C. The molecule has 0 saturated carbocycles. The number of benzene rings is 1. The maximum Gasteiger partial charge on any atom is 0.338 e. The summed E-state index contributed by atoms with van der Waals surface area (Å²) < 4.78 is 10.2.